The molecule has 0 amide bonds. The molecule has 20 heavy (non-hydrogen) atoms. The highest BCUT2D eigenvalue weighted by Crippen LogP contribution is 2.18. The largest absolute Gasteiger partial charge is 0.477 e. The Morgan fingerprint density at radius 1 is 1.25 bits per heavy atom. The molecule has 0 unspecified atom stereocenters. The lowest BCUT2D eigenvalue weighted by atomic mass is 10.2. The van der Waals surface area contributed by atoms with Crippen LogP contribution in [0.4, 0.5) is 5.69 Å². The summed E-state index contributed by atoms with van der Waals surface area (Å²) in [6, 6.07) is 13.3. The number of carbonyl (C=O) groups is 1. The van der Waals surface area contributed by atoms with Crippen LogP contribution in [0.3, 0.4) is 0 Å². The van der Waals surface area contributed by atoms with Crippen molar-refractivity contribution < 1.29 is 9.90 Å². The van der Waals surface area contributed by atoms with E-state index in [1.165, 1.54) is 11.6 Å². The van der Waals surface area contributed by atoms with E-state index in [1.807, 2.05) is 12.1 Å². The molecule has 0 spiro atoms. The molecule has 1 aromatic carbocycles. The number of aryl methyl sites for hydroxylation is 1. The lowest BCUT2D eigenvalue weighted by Gasteiger charge is -2.23. The van der Waals surface area contributed by atoms with E-state index in [4.69, 9.17) is 5.11 Å². The summed E-state index contributed by atoms with van der Waals surface area (Å²) in [7, 11) is 0. The highest BCUT2D eigenvalue weighted by molar-refractivity contribution is 5.85. The predicted molar refractivity (Wildman–Crippen MR) is 79.1 cm³/mol. The van der Waals surface area contributed by atoms with Crippen LogP contribution in [0.2, 0.25) is 0 Å². The van der Waals surface area contributed by atoms with Gasteiger partial charge in [-0.15, -0.1) is 0 Å². The van der Waals surface area contributed by atoms with Crippen LogP contribution in [0.25, 0.3) is 0 Å². The third-order valence-electron chi connectivity index (χ3n) is 3.13. The molecular formula is C16H18N2O2. The number of anilines is 1. The summed E-state index contributed by atoms with van der Waals surface area (Å²) < 4.78 is 0. The molecule has 2 rings (SSSR count). The van der Waals surface area contributed by atoms with Crippen molar-refractivity contribution in [2.45, 2.75) is 20.4 Å². The minimum atomic E-state index is -0.995. The van der Waals surface area contributed by atoms with Gasteiger partial charge in [-0.2, -0.15) is 0 Å². The van der Waals surface area contributed by atoms with E-state index < -0.39 is 5.97 Å². The van der Waals surface area contributed by atoms with E-state index in [0.717, 1.165) is 17.9 Å². The van der Waals surface area contributed by atoms with Crippen molar-refractivity contribution in [3.63, 3.8) is 0 Å². The summed E-state index contributed by atoms with van der Waals surface area (Å²) in [5.74, 6) is -0.995. The molecule has 0 saturated heterocycles. The maximum atomic E-state index is 10.9. The van der Waals surface area contributed by atoms with Gasteiger partial charge in [-0.3, -0.25) is 0 Å². The summed E-state index contributed by atoms with van der Waals surface area (Å²) in [6.45, 7) is 5.56. The molecule has 104 valence electrons. The standard InChI is InChI=1S/C16H18N2O2/c1-3-18(14-8-4-6-12(2)10-14)11-13-7-5-9-15(17-13)16(19)20/h4-10H,3,11H2,1-2H3,(H,19,20). The molecule has 0 aliphatic rings. The molecule has 0 aliphatic heterocycles. The summed E-state index contributed by atoms with van der Waals surface area (Å²) >= 11 is 0. The Morgan fingerprint density at radius 3 is 2.65 bits per heavy atom. The molecule has 1 N–H and O–H groups in total. The van der Waals surface area contributed by atoms with Gasteiger partial charge in [-0.05, 0) is 43.7 Å². The van der Waals surface area contributed by atoms with Gasteiger partial charge in [0.05, 0.1) is 12.2 Å². The first-order valence-electron chi connectivity index (χ1n) is 6.61. The third kappa shape index (κ3) is 3.35. The van der Waals surface area contributed by atoms with E-state index in [9.17, 15) is 4.79 Å². The Kier molecular flexibility index (Phi) is 4.35. The van der Waals surface area contributed by atoms with Gasteiger partial charge >= 0.3 is 5.97 Å². The van der Waals surface area contributed by atoms with Crippen LogP contribution in [0.1, 0.15) is 28.7 Å². The minimum Gasteiger partial charge on any atom is -0.477 e. The quantitative estimate of drug-likeness (QED) is 0.907. The van der Waals surface area contributed by atoms with Crippen molar-refractivity contribution in [3.8, 4) is 0 Å². The number of carboxylic acid groups (broad SMARTS) is 1. The van der Waals surface area contributed by atoms with Crippen molar-refractivity contribution in [2.24, 2.45) is 0 Å². The number of carboxylic acids is 1. The number of nitrogens with zero attached hydrogens (tertiary/aromatic N) is 2. The number of benzene rings is 1. The van der Waals surface area contributed by atoms with Gasteiger partial charge in [0.2, 0.25) is 0 Å². The van der Waals surface area contributed by atoms with E-state index in [-0.39, 0.29) is 5.69 Å². The molecule has 4 nitrogen and oxygen atoms in total. The maximum Gasteiger partial charge on any atom is 0.354 e. The van der Waals surface area contributed by atoms with Crippen LogP contribution in [0, 0.1) is 6.92 Å². The van der Waals surface area contributed by atoms with E-state index in [1.54, 1.807) is 6.07 Å². The number of hydrogen-bond donors (Lipinski definition) is 1. The Hall–Kier alpha value is -2.36. The predicted octanol–water partition coefficient (Wildman–Crippen LogP) is 3.11. The third-order valence-corrected chi connectivity index (χ3v) is 3.13. The number of aromatic nitrogens is 1. The first-order chi connectivity index (χ1) is 9.60. The highest BCUT2D eigenvalue weighted by atomic mass is 16.4. The zero-order valence-corrected chi connectivity index (χ0v) is 11.7. The molecule has 0 atom stereocenters. The van der Waals surface area contributed by atoms with Gasteiger partial charge in [0, 0.05) is 12.2 Å². The molecule has 0 saturated carbocycles. The fraction of sp³-hybridized carbons (Fsp3) is 0.250. The molecular weight excluding hydrogens is 252 g/mol. The smallest absolute Gasteiger partial charge is 0.354 e. The van der Waals surface area contributed by atoms with E-state index in [0.29, 0.717) is 6.54 Å². The van der Waals surface area contributed by atoms with Crippen LogP contribution in [-0.4, -0.2) is 22.6 Å². The average Bonchev–Trinajstić information content (AvgIpc) is 2.45. The van der Waals surface area contributed by atoms with E-state index in [2.05, 4.69) is 41.9 Å². The van der Waals surface area contributed by atoms with Crippen molar-refractivity contribution >= 4 is 11.7 Å². The van der Waals surface area contributed by atoms with Crippen molar-refractivity contribution in [1.82, 2.24) is 4.98 Å². The van der Waals surface area contributed by atoms with Crippen LogP contribution in [-0.2, 0) is 6.54 Å². The SMILES string of the molecule is CCN(Cc1cccc(C(=O)O)n1)c1cccc(C)c1. The van der Waals surface area contributed by atoms with Crippen molar-refractivity contribution in [3.05, 3.63) is 59.4 Å². The lowest BCUT2D eigenvalue weighted by Crippen LogP contribution is -2.23. The average molecular weight is 270 g/mol. The molecule has 0 radical (unpaired) electrons. The molecule has 1 aromatic heterocycles. The van der Waals surface area contributed by atoms with Crippen LogP contribution >= 0.6 is 0 Å². The Balaban J connectivity index is 2.22. The fourth-order valence-corrected chi connectivity index (χ4v) is 2.09. The van der Waals surface area contributed by atoms with Crippen molar-refractivity contribution in [2.75, 3.05) is 11.4 Å². The lowest BCUT2D eigenvalue weighted by molar-refractivity contribution is 0.0690. The van der Waals surface area contributed by atoms with Gasteiger partial charge < -0.3 is 10.0 Å². The highest BCUT2D eigenvalue weighted by Gasteiger charge is 2.09. The number of hydrogen-bond acceptors (Lipinski definition) is 3. The molecule has 0 bridgehead atoms. The fourth-order valence-electron chi connectivity index (χ4n) is 2.09. The summed E-state index contributed by atoms with van der Waals surface area (Å²) in [4.78, 5) is 17.3. The molecule has 4 heteroatoms. The summed E-state index contributed by atoms with van der Waals surface area (Å²) in [5, 5.41) is 8.98. The van der Waals surface area contributed by atoms with E-state index >= 15 is 0 Å². The normalized spacial score (nSPS) is 10.3. The van der Waals surface area contributed by atoms with Gasteiger partial charge in [0.1, 0.15) is 5.69 Å². The van der Waals surface area contributed by atoms with Gasteiger partial charge in [-0.25, -0.2) is 9.78 Å². The number of rotatable bonds is 5. The van der Waals surface area contributed by atoms with Gasteiger partial charge in [-0.1, -0.05) is 18.2 Å². The second-order valence-electron chi connectivity index (χ2n) is 4.67. The zero-order chi connectivity index (χ0) is 14.5. The van der Waals surface area contributed by atoms with Crippen LogP contribution in [0.15, 0.2) is 42.5 Å². The second-order valence-corrected chi connectivity index (χ2v) is 4.67. The van der Waals surface area contributed by atoms with Gasteiger partial charge in [0.15, 0.2) is 0 Å². The maximum absolute atomic E-state index is 10.9. The molecule has 0 fully saturated rings. The van der Waals surface area contributed by atoms with Crippen LogP contribution in [0.5, 0.6) is 0 Å². The van der Waals surface area contributed by atoms with Gasteiger partial charge in [0.25, 0.3) is 0 Å². The first kappa shape index (κ1) is 14.1. The van der Waals surface area contributed by atoms with Crippen LogP contribution < -0.4 is 4.90 Å². The second kappa shape index (κ2) is 6.19. The topological polar surface area (TPSA) is 53.4 Å². The molecule has 0 aliphatic carbocycles. The first-order valence-corrected chi connectivity index (χ1v) is 6.61. The number of pyridine rings is 1. The Morgan fingerprint density at radius 2 is 2.00 bits per heavy atom. The summed E-state index contributed by atoms with van der Waals surface area (Å²) in [6.07, 6.45) is 0. The Labute approximate surface area is 118 Å². The monoisotopic (exact) mass is 270 g/mol. The zero-order valence-electron chi connectivity index (χ0n) is 11.7. The number of aromatic carboxylic acids is 1. The Bertz CT molecular complexity index is 611. The molecule has 2 aromatic rings. The summed E-state index contributed by atoms with van der Waals surface area (Å²) in [5.41, 5.74) is 3.17. The molecule has 1 heterocycles. The minimum absolute atomic E-state index is 0.0859. The van der Waals surface area contributed by atoms with Crippen molar-refractivity contribution in [1.29, 1.82) is 0 Å².